The SMILES string of the molecule is CC1(C(=O)c2ccccc2)C=CC2(C(=O)c3ccccc3)SC2C1. The average molecular weight is 334 g/mol. The molecular formula is C21H18O2S. The molecule has 0 radical (unpaired) electrons. The number of rotatable bonds is 4. The zero-order valence-electron chi connectivity index (χ0n) is 13.4. The molecule has 0 bridgehead atoms. The lowest BCUT2D eigenvalue weighted by Crippen LogP contribution is -2.36. The monoisotopic (exact) mass is 334 g/mol. The fraction of sp³-hybridized carbons (Fsp3) is 0.238. The van der Waals surface area contributed by atoms with Crippen molar-refractivity contribution in [1.29, 1.82) is 0 Å². The zero-order valence-corrected chi connectivity index (χ0v) is 14.3. The van der Waals surface area contributed by atoms with Gasteiger partial charge < -0.3 is 0 Å². The van der Waals surface area contributed by atoms with Crippen molar-refractivity contribution in [3.8, 4) is 0 Å². The van der Waals surface area contributed by atoms with Gasteiger partial charge in [0.1, 0.15) is 4.75 Å². The van der Waals surface area contributed by atoms with Gasteiger partial charge in [-0.3, -0.25) is 9.59 Å². The highest BCUT2D eigenvalue weighted by Crippen LogP contribution is 2.63. The molecule has 4 rings (SSSR count). The largest absolute Gasteiger partial charge is 0.293 e. The summed E-state index contributed by atoms with van der Waals surface area (Å²) in [6, 6.07) is 18.8. The van der Waals surface area contributed by atoms with E-state index in [0.29, 0.717) is 6.42 Å². The van der Waals surface area contributed by atoms with Gasteiger partial charge in [-0.15, -0.1) is 11.8 Å². The van der Waals surface area contributed by atoms with E-state index in [-0.39, 0.29) is 16.8 Å². The summed E-state index contributed by atoms with van der Waals surface area (Å²) in [5.74, 6) is 0.288. The first-order valence-electron chi connectivity index (χ1n) is 8.13. The predicted octanol–water partition coefficient (Wildman–Crippen LogP) is 4.57. The number of hydrogen-bond donors (Lipinski definition) is 0. The second-order valence-electron chi connectivity index (χ2n) is 6.74. The first-order chi connectivity index (χ1) is 11.6. The van der Waals surface area contributed by atoms with Gasteiger partial charge in [-0.05, 0) is 13.3 Å². The minimum absolute atomic E-state index is 0.132. The molecular weight excluding hydrogens is 316 g/mol. The van der Waals surface area contributed by atoms with E-state index in [9.17, 15) is 9.59 Å². The van der Waals surface area contributed by atoms with Crippen LogP contribution in [0.3, 0.4) is 0 Å². The van der Waals surface area contributed by atoms with E-state index in [1.54, 1.807) is 11.8 Å². The van der Waals surface area contributed by atoms with E-state index in [4.69, 9.17) is 0 Å². The summed E-state index contributed by atoms with van der Waals surface area (Å²) in [7, 11) is 0. The van der Waals surface area contributed by atoms with E-state index < -0.39 is 10.2 Å². The summed E-state index contributed by atoms with van der Waals surface area (Å²) in [6.07, 6.45) is 4.64. The molecule has 24 heavy (non-hydrogen) atoms. The van der Waals surface area contributed by atoms with Crippen molar-refractivity contribution in [3.63, 3.8) is 0 Å². The molecule has 120 valence electrons. The minimum atomic E-state index is -0.532. The quantitative estimate of drug-likeness (QED) is 0.466. The number of carbonyl (C=O) groups excluding carboxylic acids is 2. The molecule has 3 atom stereocenters. The maximum Gasteiger partial charge on any atom is 0.183 e. The van der Waals surface area contributed by atoms with Crippen molar-refractivity contribution >= 4 is 23.3 Å². The number of carbonyl (C=O) groups is 2. The van der Waals surface area contributed by atoms with Crippen molar-refractivity contribution in [2.24, 2.45) is 5.41 Å². The lowest BCUT2D eigenvalue weighted by atomic mass is 9.71. The van der Waals surface area contributed by atoms with Crippen molar-refractivity contribution in [3.05, 3.63) is 83.9 Å². The Balaban J connectivity index is 1.61. The lowest BCUT2D eigenvalue weighted by Gasteiger charge is -2.29. The molecule has 2 aromatic carbocycles. The molecule has 1 saturated heterocycles. The van der Waals surface area contributed by atoms with E-state index >= 15 is 0 Å². The first kappa shape index (κ1) is 15.4. The normalized spacial score (nSPS) is 30.5. The van der Waals surface area contributed by atoms with Crippen LogP contribution < -0.4 is 0 Å². The first-order valence-corrected chi connectivity index (χ1v) is 9.01. The van der Waals surface area contributed by atoms with Gasteiger partial charge >= 0.3 is 0 Å². The lowest BCUT2D eigenvalue weighted by molar-refractivity contribution is 0.0843. The molecule has 1 aliphatic heterocycles. The van der Waals surface area contributed by atoms with Crippen molar-refractivity contribution in [2.75, 3.05) is 0 Å². The third-order valence-corrected chi connectivity index (χ3v) is 6.58. The number of ketones is 2. The highest BCUT2D eigenvalue weighted by molar-refractivity contribution is 8.10. The molecule has 2 nitrogen and oxygen atoms in total. The van der Waals surface area contributed by atoms with Crippen LogP contribution in [0.4, 0.5) is 0 Å². The molecule has 0 amide bonds. The van der Waals surface area contributed by atoms with Crippen LogP contribution in [-0.2, 0) is 0 Å². The Morgan fingerprint density at radius 2 is 1.42 bits per heavy atom. The topological polar surface area (TPSA) is 34.1 Å². The minimum Gasteiger partial charge on any atom is -0.293 e. The van der Waals surface area contributed by atoms with E-state index in [2.05, 4.69) is 0 Å². The molecule has 2 aromatic rings. The number of Topliss-reactive ketones (excluding diaryl/α,β-unsaturated/α-hetero) is 2. The number of thioether (sulfide) groups is 1. The van der Waals surface area contributed by atoms with Gasteiger partial charge in [0.05, 0.1) is 0 Å². The summed E-state index contributed by atoms with van der Waals surface area (Å²) in [4.78, 5) is 25.7. The van der Waals surface area contributed by atoms with Crippen LogP contribution in [0.25, 0.3) is 0 Å². The van der Waals surface area contributed by atoms with Crippen LogP contribution >= 0.6 is 11.8 Å². The fourth-order valence-corrected chi connectivity index (χ4v) is 4.95. The highest BCUT2D eigenvalue weighted by Gasteiger charge is 2.63. The van der Waals surface area contributed by atoms with Crippen molar-refractivity contribution in [1.82, 2.24) is 0 Å². The van der Waals surface area contributed by atoms with Crippen molar-refractivity contribution in [2.45, 2.75) is 23.3 Å². The summed E-state index contributed by atoms with van der Waals surface area (Å²) < 4.78 is -0.460. The van der Waals surface area contributed by atoms with Crippen LogP contribution in [0.5, 0.6) is 0 Å². The van der Waals surface area contributed by atoms with Crippen LogP contribution in [-0.4, -0.2) is 21.6 Å². The van der Waals surface area contributed by atoms with Crippen LogP contribution in [0.2, 0.25) is 0 Å². The van der Waals surface area contributed by atoms with Gasteiger partial charge in [0.25, 0.3) is 0 Å². The smallest absolute Gasteiger partial charge is 0.183 e. The van der Waals surface area contributed by atoms with Gasteiger partial charge in [0.15, 0.2) is 11.6 Å². The molecule has 3 unspecified atom stereocenters. The van der Waals surface area contributed by atoms with Gasteiger partial charge in [0.2, 0.25) is 0 Å². The Hall–Kier alpha value is -2.13. The zero-order chi connectivity index (χ0) is 16.8. The molecule has 3 heteroatoms. The summed E-state index contributed by atoms with van der Waals surface area (Å²) in [5.41, 5.74) is 0.947. The molecule has 1 aliphatic carbocycles. The average Bonchev–Trinajstić information content (AvgIpc) is 3.36. The maximum absolute atomic E-state index is 12.9. The summed E-state index contributed by atoms with van der Waals surface area (Å²) >= 11 is 1.68. The molecule has 2 aliphatic rings. The number of fused-ring (bicyclic) bond motifs is 1. The second kappa shape index (κ2) is 5.45. The van der Waals surface area contributed by atoms with Gasteiger partial charge in [0, 0.05) is 21.8 Å². The van der Waals surface area contributed by atoms with Crippen LogP contribution in [0.1, 0.15) is 34.1 Å². The van der Waals surface area contributed by atoms with E-state index in [1.807, 2.05) is 79.7 Å². The Bertz CT molecular complexity index is 827. The van der Waals surface area contributed by atoms with Crippen molar-refractivity contribution < 1.29 is 9.59 Å². The molecule has 0 saturated carbocycles. The Labute approximate surface area is 146 Å². The van der Waals surface area contributed by atoms with E-state index in [1.165, 1.54) is 0 Å². The third-order valence-electron chi connectivity index (χ3n) is 5.01. The number of allylic oxidation sites excluding steroid dienone is 1. The summed E-state index contributed by atoms with van der Waals surface area (Å²) in [5, 5.41) is 0.188. The Kier molecular flexibility index (Phi) is 3.50. The summed E-state index contributed by atoms with van der Waals surface area (Å²) in [6.45, 7) is 1.98. The Morgan fingerprint density at radius 1 is 0.875 bits per heavy atom. The van der Waals surface area contributed by atoms with Gasteiger partial charge in [-0.1, -0.05) is 72.8 Å². The molecule has 0 spiro atoms. The highest BCUT2D eigenvalue weighted by atomic mass is 32.2. The van der Waals surface area contributed by atoms with Crippen LogP contribution in [0.15, 0.2) is 72.8 Å². The van der Waals surface area contributed by atoms with Gasteiger partial charge in [-0.25, -0.2) is 0 Å². The van der Waals surface area contributed by atoms with Gasteiger partial charge in [-0.2, -0.15) is 0 Å². The van der Waals surface area contributed by atoms with Crippen LogP contribution in [0, 0.1) is 5.41 Å². The molecule has 1 fully saturated rings. The number of hydrogen-bond acceptors (Lipinski definition) is 3. The Morgan fingerprint density at radius 3 is 1.96 bits per heavy atom. The third kappa shape index (κ3) is 2.35. The molecule has 0 N–H and O–H groups in total. The predicted molar refractivity (Wildman–Crippen MR) is 97.5 cm³/mol. The molecule has 0 aromatic heterocycles. The maximum atomic E-state index is 12.9. The second-order valence-corrected chi connectivity index (χ2v) is 8.23. The molecule has 1 heterocycles. The fourth-order valence-electron chi connectivity index (χ4n) is 3.48. The van der Waals surface area contributed by atoms with E-state index in [0.717, 1.165) is 11.1 Å². The standard InChI is InChI=1S/C21H18O2S/c1-20(18(22)15-8-4-2-5-9-15)12-13-21(17(14-20)24-21)19(23)16-10-6-3-7-11-16/h2-13,17H,14H2,1H3. The number of benzene rings is 2.